The van der Waals surface area contributed by atoms with Gasteiger partial charge in [0.25, 0.3) is 5.91 Å². The number of rotatable bonds is 5. The molecule has 0 saturated carbocycles. The second-order valence-corrected chi connectivity index (χ2v) is 9.42. The number of nitrogens with zero attached hydrogens (tertiary/aromatic N) is 4. The standard InChI is InChI=1S/C21H27Cl2N5O4/c1-12-4-3-7-27(9-12)20-24-18-17(19(30)25-21(31)26(18)2)28(20)10-14(29)11-32-16-6-5-13(22)8-15(16)23/h5-6,8,12,14,17-18,29H,3-4,7,9-11H2,1-2H3,(H,25,30,31). The lowest BCUT2D eigenvalue weighted by molar-refractivity contribution is -0.127. The van der Waals surface area contributed by atoms with E-state index in [-0.39, 0.29) is 13.2 Å². The molecule has 11 heteroatoms. The molecule has 4 rings (SSSR count). The molecule has 0 bridgehead atoms. The number of amides is 3. The number of ether oxygens (including phenoxy) is 1. The van der Waals surface area contributed by atoms with Crippen LogP contribution in [-0.2, 0) is 4.79 Å². The second-order valence-electron chi connectivity index (χ2n) is 8.58. The Morgan fingerprint density at radius 2 is 2.12 bits per heavy atom. The number of piperidine rings is 1. The van der Waals surface area contributed by atoms with Crippen molar-refractivity contribution in [3.8, 4) is 5.75 Å². The molecule has 3 aliphatic rings. The Kier molecular flexibility index (Phi) is 6.69. The summed E-state index contributed by atoms with van der Waals surface area (Å²) in [7, 11) is 1.62. The highest BCUT2D eigenvalue weighted by Gasteiger charge is 2.50. The van der Waals surface area contributed by atoms with Crippen LogP contribution in [0, 0.1) is 5.92 Å². The van der Waals surface area contributed by atoms with Gasteiger partial charge in [0.05, 0.1) is 11.6 Å². The number of fused-ring (bicyclic) bond motifs is 1. The number of hydrogen-bond donors (Lipinski definition) is 2. The zero-order valence-electron chi connectivity index (χ0n) is 18.0. The second kappa shape index (κ2) is 9.33. The lowest BCUT2D eigenvalue weighted by Crippen LogP contribution is -2.65. The van der Waals surface area contributed by atoms with Gasteiger partial charge >= 0.3 is 6.03 Å². The van der Waals surface area contributed by atoms with Gasteiger partial charge in [-0.05, 0) is 37.0 Å². The van der Waals surface area contributed by atoms with Crippen molar-refractivity contribution in [2.75, 3.05) is 33.3 Å². The van der Waals surface area contributed by atoms with Gasteiger partial charge < -0.3 is 24.5 Å². The summed E-state index contributed by atoms with van der Waals surface area (Å²) < 4.78 is 5.68. The molecule has 2 fully saturated rings. The van der Waals surface area contributed by atoms with Crippen LogP contribution in [0.4, 0.5) is 4.79 Å². The molecule has 3 amide bonds. The number of β-amino-alcohol motifs (C(OH)–C–C–N with tert-alkyl or cyclic N) is 1. The van der Waals surface area contributed by atoms with Crippen molar-refractivity contribution in [3.05, 3.63) is 28.2 Å². The molecule has 0 aliphatic carbocycles. The van der Waals surface area contributed by atoms with Crippen LogP contribution in [0.3, 0.4) is 0 Å². The number of aliphatic imine (C=N–C) groups is 1. The van der Waals surface area contributed by atoms with E-state index in [9.17, 15) is 14.7 Å². The smallest absolute Gasteiger partial charge is 0.325 e. The van der Waals surface area contributed by atoms with Crippen LogP contribution < -0.4 is 10.1 Å². The average Bonchev–Trinajstić information content (AvgIpc) is 3.11. The summed E-state index contributed by atoms with van der Waals surface area (Å²) in [6, 6.07) is 3.67. The third kappa shape index (κ3) is 4.60. The molecule has 1 aromatic carbocycles. The molecular weight excluding hydrogens is 457 g/mol. The predicted molar refractivity (Wildman–Crippen MR) is 121 cm³/mol. The zero-order valence-corrected chi connectivity index (χ0v) is 19.5. The van der Waals surface area contributed by atoms with E-state index >= 15 is 0 Å². The molecule has 3 heterocycles. The Morgan fingerprint density at radius 3 is 2.84 bits per heavy atom. The number of carbonyl (C=O) groups is 2. The lowest BCUT2D eigenvalue weighted by atomic mass is 10.0. The maximum Gasteiger partial charge on any atom is 0.325 e. The van der Waals surface area contributed by atoms with Crippen molar-refractivity contribution in [1.29, 1.82) is 0 Å². The minimum atomic E-state index is -0.927. The van der Waals surface area contributed by atoms with Crippen LogP contribution in [0.25, 0.3) is 0 Å². The Balaban J connectivity index is 1.51. The van der Waals surface area contributed by atoms with Crippen LogP contribution in [-0.4, -0.2) is 89.3 Å². The molecule has 0 radical (unpaired) electrons. The summed E-state index contributed by atoms with van der Waals surface area (Å²) in [4.78, 5) is 35.0. The minimum Gasteiger partial charge on any atom is -0.489 e. The molecule has 4 atom stereocenters. The van der Waals surface area contributed by atoms with E-state index in [4.69, 9.17) is 32.9 Å². The molecule has 174 valence electrons. The third-order valence-electron chi connectivity index (χ3n) is 6.01. The maximum atomic E-state index is 12.7. The number of imide groups is 1. The van der Waals surface area contributed by atoms with Gasteiger partial charge in [-0.25, -0.2) is 9.79 Å². The summed E-state index contributed by atoms with van der Waals surface area (Å²) in [6.45, 7) is 3.88. The van der Waals surface area contributed by atoms with Crippen LogP contribution in [0.2, 0.25) is 10.0 Å². The number of likely N-dealkylation sites (tertiary alicyclic amines) is 1. The van der Waals surface area contributed by atoms with Crippen LogP contribution >= 0.6 is 23.2 Å². The first kappa shape index (κ1) is 22.9. The molecule has 2 saturated heterocycles. The first-order valence-corrected chi connectivity index (χ1v) is 11.4. The maximum absolute atomic E-state index is 12.7. The molecule has 1 aromatic rings. The van der Waals surface area contributed by atoms with Crippen molar-refractivity contribution < 1.29 is 19.4 Å². The molecular formula is C21H27Cl2N5O4. The quantitative estimate of drug-likeness (QED) is 0.664. The largest absolute Gasteiger partial charge is 0.489 e. The van der Waals surface area contributed by atoms with Gasteiger partial charge in [-0.3, -0.25) is 10.1 Å². The lowest BCUT2D eigenvalue weighted by Gasteiger charge is -2.40. The number of guanidine groups is 1. The highest BCUT2D eigenvalue weighted by Crippen LogP contribution is 2.29. The van der Waals surface area contributed by atoms with E-state index in [1.165, 1.54) is 4.90 Å². The number of halogens is 2. The van der Waals surface area contributed by atoms with E-state index in [0.29, 0.717) is 27.7 Å². The van der Waals surface area contributed by atoms with E-state index in [0.717, 1.165) is 25.9 Å². The van der Waals surface area contributed by atoms with Crippen LogP contribution in [0.1, 0.15) is 19.8 Å². The van der Waals surface area contributed by atoms with Gasteiger partial charge in [0.15, 0.2) is 18.2 Å². The van der Waals surface area contributed by atoms with Crippen molar-refractivity contribution in [3.63, 3.8) is 0 Å². The molecule has 0 aromatic heterocycles. The molecule has 2 N–H and O–H groups in total. The van der Waals surface area contributed by atoms with E-state index in [2.05, 4.69) is 17.1 Å². The van der Waals surface area contributed by atoms with Crippen molar-refractivity contribution in [1.82, 2.24) is 20.0 Å². The Morgan fingerprint density at radius 1 is 1.34 bits per heavy atom. The van der Waals surface area contributed by atoms with Gasteiger partial charge in [-0.2, -0.15) is 0 Å². The first-order valence-electron chi connectivity index (χ1n) is 10.7. The number of likely N-dealkylation sites (N-methyl/N-ethyl adjacent to an activating group) is 1. The highest BCUT2D eigenvalue weighted by atomic mass is 35.5. The number of carbonyl (C=O) groups excluding carboxylic acids is 2. The van der Waals surface area contributed by atoms with Gasteiger partial charge in [-0.15, -0.1) is 0 Å². The summed E-state index contributed by atoms with van der Waals surface area (Å²) in [6.07, 6.45) is 0.588. The van der Waals surface area contributed by atoms with Crippen molar-refractivity contribution in [2.45, 2.75) is 38.1 Å². The molecule has 9 nitrogen and oxygen atoms in total. The summed E-state index contributed by atoms with van der Waals surface area (Å²) in [5, 5.41) is 14.0. The number of urea groups is 1. The fraction of sp³-hybridized carbons (Fsp3) is 0.571. The first-order chi connectivity index (χ1) is 15.2. The van der Waals surface area contributed by atoms with E-state index < -0.39 is 30.2 Å². The zero-order chi connectivity index (χ0) is 23.0. The molecule has 0 spiro atoms. The number of nitrogens with one attached hydrogen (secondary N) is 1. The summed E-state index contributed by atoms with van der Waals surface area (Å²) >= 11 is 12.1. The van der Waals surface area contributed by atoms with E-state index in [1.54, 1.807) is 30.1 Å². The number of aliphatic hydroxyl groups excluding tert-OH is 1. The van der Waals surface area contributed by atoms with Crippen molar-refractivity contribution >= 4 is 41.1 Å². The Hall–Kier alpha value is -2.23. The number of hydrogen-bond acceptors (Lipinski definition) is 7. The fourth-order valence-electron chi connectivity index (χ4n) is 4.40. The van der Waals surface area contributed by atoms with Gasteiger partial charge in [-0.1, -0.05) is 30.1 Å². The molecule has 3 aliphatic heterocycles. The summed E-state index contributed by atoms with van der Waals surface area (Å²) in [5.41, 5.74) is 0. The summed E-state index contributed by atoms with van der Waals surface area (Å²) in [5.74, 6) is 1.11. The number of aliphatic hydroxyl groups is 1. The SMILES string of the molecule is CC1CCCN(C2=NC3C(C(=O)NC(=O)N3C)N2CC(O)COc2ccc(Cl)cc2Cl)C1. The minimum absolute atomic E-state index is 0.0324. The normalized spacial score (nSPS) is 26.6. The Labute approximate surface area is 196 Å². The highest BCUT2D eigenvalue weighted by molar-refractivity contribution is 6.35. The van der Waals surface area contributed by atoms with Crippen LogP contribution in [0.15, 0.2) is 23.2 Å². The van der Waals surface area contributed by atoms with Crippen LogP contribution in [0.5, 0.6) is 5.75 Å². The average molecular weight is 484 g/mol. The van der Waals surface area contributed by atoms with Gasteiger partial charge in [0, 0.05) is 25.2 Å². The van der Waals surface area contributed by atoms with Crippen molar-refractivity contribution in [2.24, 2.45) is 10.9 Å². The fourth-order valence-corrected chi connectivity index (χ4v) is 4.86. The van der Waals surface area contributed by atoms with Gasteiger partial charge in [0.2, 0.25) is 0 Å². The predicted octanol–water partition coefficient (Wildman–Crippen LogP) is 2.01. The third-order valence-corrected chi connectivity index (χ3v) is 6.54. The Bertz CT molecular complexity index is 929. The number of benzene rings is 1. The molecule has 4 unspecified atom stereocenters. The monoisotopic (exact) mass is 483 g/mol. The molecule has 32 heavy (non-hydrogen) atoms. The van der Waals surface area contributed by atoms with Gasteiger partial charge in [0.1, 0.15) is 18.5 Å². The topological polar surface area (TPSA) is 97.7 Å². The van der Waals surface area contributed by atoms with E-state index in [1.807, 2.05) is 0 Å².